The summed E-state index contributed by atoms with van der Waals surface area (Å²) >= 11 is 0. The molecule has 0 spiro atoms. The summed E-state index contributed by atoms with van der Waals surface area (Å²) in [6.45, 7) is 1.80. The quantitative estimate of drug-likeness (QED) is 0.359. The van der Waals surface area contributed by atoms with Gasteiger partial charge in [-0.2, -0.15) is 5.10 Å². The molecule has 3 aromatic heterocycles. The van der Waals surface area contributed by atoms with Crippen LogP contribution in [0.1, 0.15) is 6.92 Å². The second-order valence-corrected chi connectivity index (χ2v) is 7.29. The van der Waals surface area contributed by atoms with Crippen LogP contribution in [0.3, 0.4) is 0 Å². The summed E-state index contributed by atoms with van der Waals surface area (Å²) in [4.78, 5) is 13.4. The first-order valence-electron chi connectivity index (χ1n) is 10.0. The van der Waals surface area contributed by atoms with Crippen molar-refractivity contribution in [3.05, 3.63) is 49.1 Å². The van der Waals surface area contributed by atoms with Crippen LogP contribution in [0.5, 0.6) is 5.75 Å². The predicted octanol–water partition coefficient (Wildman–Crippen LogP) is 2.94. The minimum atomic E-state index is -0.978. The van der Waals surface area contributed by atoms with Crippen molar-refractivity contribution in [1.29, 1.82) is 0 Å². The third-order valence-corrected chi connectivity index (χ3v) is 5.02. The number of hydrogen-bond donors (Lipinski definition) is 3. The first-order valence-corrected chi connectivity index (χ1v) is 10.0. The number of aryl methyl sites for hydroxylation is 1. The van der Waals surface area contributed by atoms with Crippen molar-refractivity contribution in [2.45, 2.75) is 19.3 Å². The summed E-state index contributed by atoms with van der Waals surface area (Å²) in [5, 5.41) is 21.3. The summed E-state index contributed by atoms with van der Waals surface area (Å²) in [5.41, 5.74) is 3.32. The number of aliphatic hydroxyl groups excluding tert-OH is 1. The number of nitrogens with zero attached hydrogens (tertiary/aromatic N) is 5. The van der Waals surface area contributed by atoms with Gasteiger partial charge in [0, 0.05) is 43.7 Å². The molecule has 0 fully saturated rings. The van der Waals surface area contributed by atoms with E-state index in [9.17, 15) is 5.11 Å². The Morgan fingerprint density at radius 2 is 1.94 bits per heavy atom. The van der Waals surface area contributed by atoms with E-state index in [2.05, 4.69) is 30.7 Å². The number of pyridine rings is 1. The molecule has 0 amide bonds. The third kappa shape index (κ3) is 4.46. The van der Waals surface area contributed by atoms with Gasteiger partial charge in [0.1, 0.15) is 11.3 Å². The van der Waals surface area contributed by atoms with Gasteiger partial charge in [0.05, 0.1) is 25.0 Å². The molecule has 4 rings (SSSR count). The number of hydrogen-bond acceptors (Lipinski definition) is 9. The van der Waals surface area contributed by atoms with E-state index in [-0.39, 0.29) is 6.04 Å². The van der Waals surface area contributed by atoms with E-state index in [0.717, 1.165) is 22.2 Å². The molecule has 0 aliphatic heterocycles. The lowest BCUT2D eigenvalue weighted by atomic mass is 10.1. The maximum Gasteiger partial charge on any atom is 0.227 e. The van der Waals surface area contributed by atoms with Gasteiger partial charge in [-0.1, -0.05) is 6.07 Å². The Bertz CT molecular complexity index is 1230. The van der Waals surface area contributed by atoms with E-state index < -0.39 is 6.29 Å². The van der Waals surface area contributed by atoms with E-state index in [1.54, 1.807) is 37.3 Å². The SMILES string of the molecule is COc1cc(-c2cnn(C)c2)ccc1Nc1ncc2ccnc(NC(C)C(O)OC)c2n1. The Kier molecular flexibility index (Phi) is 6.15. The minimum Gasteiger partial charge on any atom is -0.495 e. The van der Waals surface area contributed by atoms with Gasteiger partial charge in [0.25, 0.3) is 0 Å². The number of methoxy groups -OCH3 is 2. The maximum atomic E-state index is 9.90. The zero-order valence-electron chi connectivity index (χ0n) is 18.3. The lowest BCUT2D eigenvalue weighted by Gasteiger charge is -2.20. The Morgan fingerprint density at radius 1 is 1.09 bits per heavy atom. The van der Waals surface area contributed by atoms with Crippen LogP contribution in [0.15, 0.2) is 49.1 Å². The van der Waals surface area contributed by atoms with Crippen molar-refractivity contribution < 1.29 is 14.6 Å². The summed E-state index contributed by atoms with van der Waals surface area (Å²) < 4.78 is 12.3. The van der Waals surface area contributed by atoms with Gasteiger partial charge in [-0.25, -0.2) is 15.0 Å². The van der Waals surface area contributed by atoms with Gasteiger partial charge in [0.15, 0.2) is 12.1 Å². The number of rotatable bonds is 8. The minimum absolute atomic E-state index is 0.385. The average molecular weight is 435 g/mol. The van der Waals surface area contributed by atoms with Gasteiger partial charge < -0.3 is 25.2 Å². The number of aliphatic hydroxyl groups is 1. The molecule has 0 radical (unpaired) electrons. The molecule has 166 valence electrons. The number of benzene rings is 1. The molecule has 2 unspecified atom stereocenters. The van der Waals surface area contributed by atoms with Crippen LogP contribution in [0.2, 0.25) is 0 Å². The predicted molar refractivity (Wildman–Crippen MR) is 122 cm³/mol. The zero-order chi connectivity index (χ0) is 22.7. The highest BCUT2D eigenvalue weighted by Gasteiger charge is 2.16. The summed E-state index contributed by atoms with van der Waals surface area (Å²) in [6.07, 6.45) is 6.14. The second-order valence-electron chi connectivity index (χ2n) is 7.29. The van der Waals surface area contributed by atoms with Crippen molar-refractivity contribution in [2.24, 2.45) is 7.05 Å². The highest BCUT2D eigenvalue weighted by Crippen LogP contribution is 2.32. The molecule has 4 aromatic rings. The molecular weight excluding hydrogens is 410 g/mol. The number of ether oxygens (including phenoxy) is 2. The normalized spacial score (nSPS) is 13.0. The van der Waals surface area contributed by atoms with Crippen LogP contribution >= 0.6 is 0 Å². The van der Waals surface area contributed by atoms with Crippen molar-refractivity contribution in [1.82, 2.24) is 24.7 Å². The van der Waals surface area contributed by atoms with Crippen LogP contribution in [0.25, 0.3) is 22.0 Å². The molecule has 0 aliphatic carbocycles. The molecular formula is C22H25N7O3. The van der Waals surface area contributed by atoms with Crippen LogP contribution in [-0.2, 0) is 11.8 Å². The highest BCUT2D eigenvalue weighted by molar-refractivity contribution is 5.88. The van der Waals surface area contributed by atoms with Gasteiger partial charge in [-0.3, -0.25) is 4.68 Å². The molecule has 10 nitrogen and oxygen atoms in total. The van der Waals surface area contributed by atoms with Crippen LogP contribution in [-0.4, -0.2) is 56.4 Å². The molecule has 3 N–H and O–H groups in total. The lowest BCUT2D eigenvalue weighted by Crippen LogP contribution is -2.32. The van der Waals surface area contributed by atoms with E-state index in [1.165, 1.54) is 7.11 Å². The standard InChI is InChI=1S/C22H25N7O3/c1-13(21(30)32-4)26-20-19-15(7-8-23-20)10-24-22(28-19)27-17-6-5-14(9-18(17)31-3)16-11-25-29(2)12-16/h5-13,21,30H,1-4H3,(H,23,26)(H,24,27,28). The smallest absolute Gasteiger partial charge is 0.227 e. The number of anilines is 3. The first-order chi connectivity index (χ1) is 15.5. The first kappa shape index (κ1) is 21.5. The van der Waals surface area contributed by atoms with Crippen molar-refractivity contribution in [3.63, 3.8) is 0 Å². The van der Waals surface area contributed by atoms with Gasteiger partial charge >= 0.3 is 0 Å². The Hall–Kier alpha value is -3.76. The molecule has 0 saturated heterocycles. The molecule has 2 atom stereocenters. The van der Waals surface area contributed by atoms with Crippen LogP contribution in [0, 0.1) is 0 Å². The zero-order valence-corrected chi connectivity index (χ0v) is 18.3. The lowest BCUT2D eigenvalue weighted by molar-refractivity contribution is -0.0816. The van der Waals surface area contributed by atoms with Gasteiger partial charge in [0.2, 0.25) is 5.95 Å². The fourth-order valence-corrected chi connectivity index (χ4v) is 3.28. The average Bonchev–Trinajstić information content (AvgIpc) is 3.25. The fraction of sp³-hybridized carbons (Fsp3) is 0.273. The van der Waals surface area contributed by atoms with Crippen molar-refractivity contribution >= 4 is 28.4 Å². The van der Waals surface area contributed by atoms with E-state index >= 15 is 0 Å². The fourth-order valence-electron chi connectivity index (χ4n) is 3.28. The van der Waals surface area contributed by atoms with Crippen LogP contribution in [0.4, 0.5) is 17.5 Å². The molecule has 3 heterocycles. The summed E-state index contributed by atoms with van der Waals surface area (Å²) in [7, 11) is 4.93. The van der Waals surface area contributed by atoms with Crippen LogP contribution < -0.4 is 15.4 Å². The maximum absolute atomic E-state index is 9.90. The largest absolute Gasteiger partial charge is 0.495 e. The second kappa shape index (κ2) is 9.16. The third-order valence-electron chi connectivity index (χ3n) is 5.02. The van der Waals surface area contributed by atoms with Crippen molar-refractivity contribution in [3.8, 4) is 16.9 Å². The highest BCUT2D eigenvalue weighted by atomic mass is 16.6. The molecule has 1 aromatic carbocycles. The molecule has 10 heteroatoms. The molecule has 32 heavy (non-hydrogen) atoms. The Morgan fingerprint density at radius 3 is 2.66 bits per heavy atom. The number of fused-ring (bicyclic) bond motifs is 1. The number of nitrogens with one attached hydrogen (secondary N) is 2. The van der Waals surface area contributed by atoms with Gasteiger partial charge in [-0.05, 0) is 30.7 Å². The van der Waals surface area contributed by atoms with E-state index in [4.69, 9.17) is 9.47 Å². The Labute approximate surface area is 185 Å². The topological polar surface area (TPSA) is 119 Å². The summed E-state index contributed by atoms with van der Waals surface area (Å²) in [6, 6.07) is 7.26. The van der Waals surface area contributed by atoms with E-state index in [0.29, 0.717) is 23.0 Å². The molecule has 0 aliphatic rings. The Balaban J connectivity index is 1.63. The summed E-state index contributed by atoms with van der Waals surface area (Å²) in [5.74, 6) is 1.56. The van der Waals surface area contributed by atoms with Crippen molar-refractivity contribution in [2.75, 3.05) is 24.9 Å². The monoisotopic (exact) mass is 435 g/mol. The number of aromatic nitrogens is 5. The molecule has 0 bridgehead atoms. The van der Waals surface area contributed by atoms with E-state index in [1.807, 2.05) is 37.5 Å². The van der Waals surface area contributed by atoms with Gasteiger partial charge in [-0.15, -0.1) is 0 Å². The molecule has 0 saturated carbocycles.